The molecule has 132 valence electrons. The van der Waals surface area contributed by atoms with Crippen molar-refractivity contribution in [2.75, 3.05) is 7.11 Å². The highest BCUT2D eigenvalue weighted by Gasteiger charge is 2.16. The maximum atomic E-state index is 5.41. The number of aryl methyl sites for hydroxylation is 2. The highest BCUT2D eigenvalue weighted by molar-refractivity contribution is 7.98. The minimum atomic E-state index is 0.522. The normalized spacial score (nSPS) is 11.2. The first kappa shape index (κ1) is 17.0. The van der Waals surface area contributed by atoms with Crippen molar-refractivity contribution in [3.05, 3.63) is 46.9 Å². The molecule has 0 N–H and O–H groups in total. The Morgan fingerprint density at radius 1 is 1.19 bits per heavy atom. The largest absolute Gasteiger partial charge is 0.496 e. The van der Waals surface area contributed by atoms with E-state index in [4.69, 9.17) is 9.26 Å². The van der Waals surface area contributed by atoms with Gasteiger partial charge in [-0.2, -0.15) is 4.98 Å². The number of hydrogen-bond acceptors (Lipinski definition) is 8. The maximum Gasteiger partial charge on any atom is 0.237 e. The molecule has 8 heteroatoms. The Morgan fingerprint density at radius 3 is 2.88 bits per heavy atom. The molecule has 0 amide bonds. The molecule has 3 aromatic heterocycles. The fourth-order valence-electron chi connectivity index (χ4n) is 2.64. The summed E-state index contributed by atoms with van der Waals surface area (Å²) in [6, 6.07) is 7.61. The third kappa shape index (κ3) is 3.06. The van der Waals surface area contributed by atoms with Crippen molar-refractivity contribution in [1.82, 2.24) is 20.1 Å². The molecule has 0 spiro atoms. The van der Waals surface area contributed by atoms with Crippen molar-refractivity contribution in [2.45, 2.75) is 24.6 Å². The van der Waals surface area contributed by atoms with Crippen LogP contribution in [0, 0.1) is 13.8 Å². The zero-order valence-corrected chi connectivity index (χ0v) is 16.1. The van der Waals surface area contributed by atoms with Crippen LogP contribution in [-0.2, 0) is 5.75 Å². The zero-order chi connectivity index (χ0) is 18.1. The number of aromatic nitrogens is 4. The predicted molar refractivity (Wildman–Crippen MR) is 103 cm³/mol. The average Bonchev–Trinajstić information content (AvgIpc) is 3.25. The fourth-order valence-corrected chi connectivity index (χ4v) is 4.60. The van der Waals surface area contributed by atoms with Crippen molar-refractivity contribution in [3.63, 3.8) is 0 Å². The zero-order valence-electron chi connectivity index (χ0n) is 14.5. The molecule has 0 radical (unpaired) electrons. The van der Waals surface area contributed by atoms with E-state index in [1.165, 1.54) is 10.4 Å². The second-order valence-electron chi connectivity index (χ2n) is 5.64. The van der Waals surface area contributed by atoms with Gasteiger partial charge in [0, 0.05) is 10.3 Å². The highest BCUT2D eigenvalue weighted by atomic mass is 32.2. The third-order valence-corrected chi connectivity index (χ3v) is 6.17. The molecule has 0 aliphatic carbocycles. The van der Waals surface area contributed by atoms with E-state index >= 15 is 0 Å². The summed E-state index contributed by atoms with van der Waals surface area (Å²) in [6.07, 6.45) is 1.61. The molecule has 0 atom stereocenters. The van der Waals surface area contributed by atoms with Gasteiger partial charge in [0.1, 0.15) is 21.9 Å². The number of ether oxygens (including phenoxy) is 1. The van der Waals surface area contributed by atoms with E-state index in [9.17, 15) is 0 Å². The summed E-state index contributed by atoms with van der Waals surface area (Å²) in [7, 11) is 1.63. The van der Waals surface area contributed by atoms with Crippen LogP contribution in [0.25, 0.3) is 21.6 Å². The Kier molecular flexibility index (Phi) is 4.60. The molecular weight excluding hydrogens is 368 g/mol. The second-order valence-corrected chi connectivity index (χ2v) is 7.81. The van der Waals surface area contributed by atoms with Gasteiger partial charge in [-0.1, -0.05) is 29.1 Å². The lowest BCUT2D eigenvalue weighted by molar-refractivity contribution is 0.390. The first-order valence-electron chi connectivity index (χ1n) is 7.97. The average molecular weight is 384 g/mol. The minimum absolute atomic E-state index is 0.522. The van der Waals surface area contributed by atoms with E-state index in [1.807, 2.05) is 24.3 Å². The smallest absolute Gasteiger partial charge is 0.237 e. The first-order chi connectivity index (χ1) is 12.7. The van der Waals surface area contributed by atoms with Crippen LogP contribution >= 0.6 is 23.1 Å². The Labute approximate surface area is 158 Å². The first-order valence-corrected chi connectivity index (χ1v) is 9.77. The van der Waals surface area contributed by atoms with E-state index in [2.05, 4.69) is 34.0 Å². The van der Waals surface area contributed by atoms with Crippen LogP contribution in [0.3, 0.4) is 0 Å². The lowest BCUT2D eigenvalue weighted by atomic mass is 10.2. The van der Waals surface area contributed by atoms with Crippen molar-refractivity contribution < 1.29 is 9.26 Å². The third-order valence-electron chi connectivity index (χ3n) is 4.08. The topological polar surface area (TPSA) is 73.9 Å². The molecule has 4 aromatic rings. The Morgan fingerprint density at radius 2 is 2.04 bits per heavy atom. The maximum absolute atomic E-state index is 5.41. The number of rotatable bonds is 5. The van der Waals surface area contributed by atoms with E-state index < -0.39 is 0 Å². The number of thiophene rings is 1. The van der Waals surface area contributed by atoms with Gasteiger partial charge in [0.25, 0.3) is 0 Å². The highest BCUT2D eigenvalue weighted by Crippen LogP contribution is 2.35. The SMILES string of the molecule is COc1ccccc1-c1noc(CSc2ncnc3sc(C)c(C)c23)n1. The van der Waals surface area contributed by atoms with Crippen molar-refractivity contribution >= 4 is 33.3 Å². The van der Waals surface area contributed by atoms with E-state index in [0.717, 1.165) is 26.6 Å². The summed E-state index contributed by atoms with van der Waals surface area (Å²) in [5.41, 5.74) is 2.04. The summed E-state index contributed by atoms with van der Waals surface area (Å²) in [6.45, 7) is 4.21. The number of nitrogens with zero attached hydrogens (tertiary/aromatic N) is 4. The number of fused-ring (bicyclic) bond motifs is 1. The second kappa shape index (κ2) is 7.05. The van der Waals surface area contributed by atoms with Gasteiger partial charge in [-0.15, -0.1) is 11.3 Å². The van der Waals surface area contributed by atoms with Gasteiger partial charge in [-0.25, -0.2) is 9.97 Å². The van der Waals surface area contributed by atoms with Crippen LogP contribution < -0.4 is 4.74 Å². The Balaban J connectivity index is 1.58. The number of para-hydroxylation sites is 1. The molecule has 1 aromatic carbocycles. The molecule has 0 saturated heterocycles. The van der Waals surface area contributed by atoms with Crippen LogP contribution in [-0.4, -0.2) is 27.2 Å². The van der Waals surface area contributed by atoms with Gasteiger partial charge in [0.15, 0.2) is 0 Å². The van der Waals surface area contributed by atoms with Gasteiger partial charge >= 0.3 is 0 Å². The van der Waals surface area contributed by atoms with Crippen LogP contribution in [0.15, 0.2) is 40.1 Å². The summed E-state index contributed by atoms with van der Waals surface area (Å²) in [5, 5.41) is 6.14. The molecule has 0 aliphatic rings. The van der Waals surface area contributed by atoms with Gasteiger partial charge < -0.3 is 9.26 Å². The molecule has 6 nitrogen and oxygen atoms in total. The fraction of sp³-hybridized carbons (Fsp3) is 0.222. The Hall–Kier alpha value is -2.45. The predicted octanol–water partition coefficient (Wildman–Crippen LogP) is 4.66. The van der Waals surface area contributed by atoms with Crippen LogP contribution in [0.4, 0.5) is 0 Å². The van der Waals surface area contributed by atoms with E-state index in [0.29, 0.717) is 17.5 Å². The van der Waals surface area contributed by atoms with Gasteiger partial charge in [0.05, 0.1) is 18.4 Å². The lowest BCUT2D eigenvalue weighted by Gasteiger charge is -2.03. The molecule has 4 rings (SSSR count). The lowest BCUT2D eigenvalue weighted by Crippen LogP contribution is -1.89. The molecule has 0 aliphatic heterocycles. The van der Waals surface area contributed by atoms with Gasteiger partial charge in [-0.05, 0) is 31.5 Å². The van der Waals surface area contributed by atoms with Crippen molar-refractivity contribution in [3.8, 4) is 17.1 Å². The summed E-state index contributed by atoms with van der Waals surface area (Å²) in [4.78, 5) is 15.6. The number of methoxy groups -OCH3 is 1. The number of benzene rings is 1. The van der Waals surface area contributed by atoms with Crippen LogP contribution in [0.1, 0.15) is 16.3 Å². The van der Waals surface area contributed by atoms with Crippen molar-refractivity contribution in [2.24, 2.45) is 0 Å². The van der Waals surface area contributed by atoms with Crippen LogP contribution in [0.5, 0.6) is 5.75 Å². The van der Waals surface area contributed by atoms with Gasteiger partial charge in [0.2, 0.25) is 11.7 Å². The Bertz CT molecular complexity index is 1070. The molecule has 0 saturated carbocycles. The molecule has 26 heavy (non-hydrogen) atoms. The van der Waals surface area contributed by atoms with E-state index in [1.54, 1.807) is 36.5 Å². The quantitative estimate of drug-likeness (QED) is 0.366. The standard InChI is InChI=1S/C18H16N4O2S2/c1-10-11(2)26-18-15(10)17(19-9-20-18)25-8-14-21-16(22-24-14)12-6-4-5-7-13(12)23-3/h4-7,9H,8H2,1-3H3. The number of hydrogen-bond donors (Lipinski definition) is 0. The summed E-state index contributed by atoms with van der Waals surface area (Å²) >= 11 is 3.27. The van der Waals surface area contributed by atoms with Gasteiger partial charge in [-0.3, -0.25) is 0 Å². The summed E-state index contributed by atoms with van der Waals surface area (Å²) < 4.78 is 10.8. The summed E-state index contributed by atoms with van der Waals surface area (Å²) in [5.74, 6) is 2.33. The van der Waals surface area contributed by atoms with E-state index in [-0.39, 0.29) is 0 Å². The molecule has 0 fully saturated rings. The van der Waals surface area contributed by atoms with Crippen molar-refractivity contribution in [1.29, 1.82) is 0 Å². The number of thioether (sulfide) groups is 1. The molecular formula is C18H16N4O2S2. The minimum Gasteiger partial charge on any atom is -0.496 e. The van der Waals surface area contributed by atoms with Crippen LogP contribution in [0.2, 0.25) is 0 Å². The molecule has 0 unspecified atom stereocenters. The molecule has 3 heterocycles. The molecule has 0 bridgehead atoms. The monoisotopic (exact) mass is 384 g/mol.